The van der Waals surface area contributed by atoms with Gasteiger partial charge in [0.15, 0.2) is 0 Å². The molecule has 7 nitrogen and oxygen atoms in total. The summed E-state index contributed by atoms with van der Waals surface area (Å²) >= 11 is 0. The molecule has 2 atom stereocenters. The first-order valence-electron chi connectivity index (χ1n) is 13.2. The van der Waals surface area contributed by atoms with Gasteiger partial charge in [-0.3, -0.25) is 9.59 Å². The molecule has 0 aliphatic rings. The number of alkyl carbamates (subject to hydrolysis) is 1. The minimum atomic E-state index is -0.908. The van der Waals surface area contributed by atoms with Crippen LogP contribution in [0.25, 0.3) is 0 Å². The van der Waals surface area contributed by atoms with Crippen molar-refractivity contribution in [1.29, 1.82) is 0 Å². The number of aryl methyl sites for hydroxylation is 2. The minimum absolute atomic E-state index is 0.230. The smallest absolute Gasteiger partial charge is 0.408 e. The van der Waals surface area contributed by atoms with Crippen molar-refractivity contribution in [3.63, 3.8) is 0 Å². The van der Waals surface area contributed by atoms with Crippen LogP contribution >= 0.6 is 0 Å². The van der Waals surface area contributed by atoms with Gasteiger partial charge in [-0.1, -0.05) is 67.4 Å². The van der Waals surface area contributed by atoms with Gasteiger partial charge in [0.1, 0.15) is 17.7 Å². The number of carbonyl (C=O) groups excluding carboxylic acids is 3. The van der Waals surface area contributed by atoms with Crippen LogP contribution < -0.4 is 10.6 Å². The number of ether oxygens (including phenoxy) is 1. The maximum absolute atomic E-state index is 14.1. The fourth-order valence-electron chi connectivity index (χ4n) is 4.23. The Hall–Kier alpha value is -3.35. The van der Waals surface area contributed by atoms with E-state index in [9.17, 15) is 14.4 Å². The van der Waals surface area contributed by atoms with Crippen molar-refractivity contribution in [2.75, 3.05) is 13.1 Å². The third-order valence-electron chi connectivity index (χ3n) is 6.00. The fourth-order valence-corrected chi connectivity index (χ4v) is 4.23. The van der Waals surface area contributed by atoms with Crippen LogP contribution in [0.4, 0.5) is 4.79 Å². The van der Waals surface area contributed by atoms with Crippen molar-refractivity contribution in [1.82, 2.24) is 15.5 Å². The Balaban J connectivity index is 2.47. The van der Waals surface area contributed by atoms with Crippen LogP contribution in [0.3, 0.4) is 0 Å². The summed E-state index contributed by atoms with van der Waals surface area (Å²) in [5.74, 6) is -0.570. The molecule has 2 unspecified atom stereocenters. The highest BCUT2D eigenvalue weighted by Gasteiger charge is 2.36. The lowest BCUT2D eigenvalue weighted by molar-refractivity contribution is -0.142. The van der Waals surface area contributed by atoms with E-state index in [-0.39, 0.29) is 18.2 Å². The molecule has 0 saturated heterocycles. The highest BCUT2D eigenvalue weighted by molar-refractivity contribution is 5.92. The molecule has 0 aliphatic carbocycles. The number of carbonyl (C=O) groups is 3. The topological polar surface area (TPSA) is 87.7 Å². The lowest BCUT2D eigenvalue weighted by atomic mass is 9.95. The lowest BCUT2D eigenvalue weighted by Crippen LogP contribution is -2.54. The second-order valence-electron chi connectivity index (χ2n) is 10.4. The highest BCUT2D eigenvalue weighted by atomic mass is 16.6. The fraction of sp³-hybridized carbons (Fsp3) is 0.500. The van der Waals surface area contributed by atoms with Gasteiger partial charge in [0.05, 0.1) is 0 Å². The van der Waals surface area contributed by atoms with Crippen molar-refractivity contribution in [3.8, 4) is 0 Å². The Bertz CT molecular complexity index is 1050. The van der Waals surface area contributed by atoms with Crippen molar-refractivity contribution in [3.05, 3.63) is 70.8 Å². The average molecular weight is 510 g/mol. The molecule has 0 heterocycles. The molecule has 202 valence electrons. The van der Waals surface area contributed by atoms with E-state index in [0.717, 1.165) is 35.1 Å². The van der Waals surface area contributed by atoms with Crippen LogP contribution in [0.5, 0.6) is 0 Å². The third kappa shape index (κ3) is 9.23. The third-order valence-corrected chi connectivity index (χ3v) is 6.00. The molecule has 3 amide bonds. The summed E-state index contributed by atoms with van der Waals surface area (Å²) < 4.78 is 5.46. The molecule has 2 rings (SSSR count). The molecule has 0 radical (unpaired) electrons. The number of unbranched alkanes of at least 4 members (excludes halogenated alkanes) is 1. The summed E-state index contributed by atoms with van der Waals surface area (Å²) in [6.45, 7) is 14.0. The van der Waals surface area contributed by atoms with Gasteiger partial charge in [-0.2, -0.15) is 0 Å². The minimum Gasteiger partial charge on any atom is -0.444 e. The monoisotopic (exact) mass is 509 g/mol. The van der Waals surface area contributed by atoms with Gasteiger partial charge >= 0.3 is 6.09 Å². The zero-order chi connectivity index (χ0) is 27.6. The zero-order valence-electron chi connectivity index (χ0n) is 23.4. The number of nitrogens with one attached hydrogen (secondary N) is 2. The highest BCUT2D eigenvalue weighted by Crippen LogP contribution is 2.27. The van der Waals surface area contributed by atoms with E-state index in [2.05, 4.69) is 17.6 Å². The quantitative estimate of drug-likeness (QED) is 0.405. The molecule has 0 aromatic heterocycles. The van der Waals surface area contributed by atoms with Crippen LogP contribution in [-0.2, 0) is 20.7 Å². The predicted molar refractivity (Wildman–Crippen MR) is 147 cm³/mol. The summed E-state index contributed by atoms with van der Waals surface area (Å²) in [4.78, 5) is 41.9. The van der Waals surface area contributed by atoms with Gasteiger partial charge in [-0.15, -0.1) is 0 Å². The number of amides is 3. The predicted octanol–water partition coefficient (Wildman–Crippen LogP) is 5.25. The molecule has 7 heteroatoms. The molecule has 0 aliphatic heterocycles. The van der Waals surface area contributed by atoms with Crippen molar-refractivity contribution in [2.45, 2.75) is 85.4 Å². The van der Waals surface area contributed by atoms with Gasteiger partial charge in [-0.05, 0) is 64.7 Å². The van der Waals surface area contributed by atoms with Gasteiger partial charge in [0.2, 0.25) is 11.8 Å². The SMILES string of the molecule is CCCCNC(=O)C(c1ccc(C)cc1C)N(CC)C(=O)C(Cc1ccccc1)NC(=O)OC(C)(C)C. The molecule has 2 aromatic rings. The van der Waals surface area contributed by atoms with E-state index < -0.39 is 23.8 Å². The van der Waals surface area contributed by atoms with Crippen LogP contribution in [0.2, 0.25) is 0 Å². The van der Waals surface area contributed by atoms with Crippen molar-refractivity contribution >= 4 is 17.9 Å². The van der Waals surface area contributed by atoms with Gasteiger partial charge < -0.3 is 20.3 Å². The second-order valence-corrected chi connectivity index (χ2v) is 10.4. The number of likely N-dealkylation sites (N-methyl/N-ethyl adjacent to an activating group) is 1. The first kappa shape index (κ1) is 29.9. The zero-order valence-corrected chi connectivity index (χ0v) is 23.4. The molecular weight excluding hydrogens is 466 g/mol. The Morgan fingerprint density at radius 2 is 1.68 bits per heavy atom. The van der Waals surface area contributed by atoms with Crippen LogP contribution in [-0.4, -0.2) is 47.5 Å². The van der Waals surface area contributed by atoms with E-state index >= 15 is 0 Å². The first-order valence-corrected chi connectivity index (χ1v) is 13.2. The first-order chi connectivity index (χ1) is 17.5. The lowest BCUT2D eigenvalue weighted by Gasteiger charge is -2.34. The number of hydrogen-bond donors (Lipinski definition) is 2. The van der Waals surface area contributed by atoms with E-state index in [1.54, 1.807) is 25.7 Å². The Morgan fingerprint density at radius 1 is 1.00 bits per heavy atom. The Labute approximate surface area is 222 Å². The van der Waals surface area contributed by atoms with Crippen LogP contribution in [0.1, 0.15) is 75.8 Å². The van der Waals surface area contributed by atoms with Gasteiger partial charge in [0.25, 0.3) is 0 Å². The molecule has 37 heavy (non-hydrogen) atoms. The maximum Gasteiger partial charge on any atom is 0.408 e. The Kier molecular flexibility index (Phi) is 11.2. The molecule has 0 saturated carbocycles. The molecule has 0 spiro atoms. The van der Waals surface area contributed by atoms with E-state index in [1.807, 2.05) is 69.3 Å². The number of nitrogens with zero attached hydrogens (tertiary/aromatic N) is 1. The second kappa shape index (κ2) is 13.8. The maximum atomic E-state index is 14.1. The standard InChI is InChI=1S/C30H43N3O4/c1-8-10-18-31-27(34)26(24-17-16-21(3)19-22(24)4)33(9-2)28(35)25(20-23-14-12-11-13-15-23)32-29(36)37-30(5,6)7/h11-17,19,25-26H,8-10,18,20H2,1-7H3,(H,31,34)(H,32,36). The summed E-state index contributed by atoms with van der Waals surface area (Å²) in [5, 5.41) is 5.78. The summed E-state index contributed by atoms with van der Waals surface area (Å²) in [7, 11) is 0. The van der Waals surface area contributed by atoms with Crippen molar-refractivity contribution < 1.29 is 19.1 Å². The Morgan fingerprint density at radius 3 is 2.24 bits per heavy atom. The molecular formula is C30H43N3O4. The molecule has 2 aromatic carbocycles. The summed E-state index contributed by atoms with van der Waals surface area (Å²) in [6.07, 6.45) is 1.40. The van der Waals surface area contributed by atoms with Crippen molar-refractivity contribution in [2.24, 2.45) is 0 Å². The summed E-state index contributed by atoms with van der Waals surface area (Å²) in [6, 6.07) is 13.6. The van der Waals surface area contributed by atoms with Gasteiger partial charge in [0, 0.05) is 19.5 Å². The number of benzene rings is 2. The normalized spacial score (nSPS) is 12.8. The van der Waals surface area contributed by atoms with E-state index in [1.165, 1.54) is 0 Å². The van der Waals surface area contributed by atoms with Crippen LogP contribution in [0, 0.1) is 13.8 Å². The average Bonchev–Trinajstić information content (AvgIpc) is 2.82. The van der Waals surface area contributed by atoms with Crippen LogP contribution in [0.15, 0.2) is 48.5 Å². The molecule has 0 fully saturated rings. The van der Waals surface area contributed by atoms with Gasteiger partial charge in [-0.25, -0.2) is 4.79 Å². The number of rotatable bonds is 11. The summed E-state index contributed by atoms with van der Waals surface area (Å²) in [5.41, 5.74) is 2.96. The van der Waals surface area contributed by atoms with E-state index in [0.29, 0.717) is 13.1 Å². The molecule has 2 N–H and O–H groups in total. The van der Waals surface area contributed by atoms with E-state index in [4.69, 9.17) is 4.74 Å². The molecule has 0 bridgehead atoms. The number of hydrogen-bond acceptors (Lipinski definition) is 4. The largest absolute Gasteiger partial charge is 0.444 e.